The first-order chi connectivity index (χ1) is 10.6. The summed E-state index contributed by atoms with van der Waals surface area (Å²) in [6.45, 7) is 0. The van der Waals surface area contributed by atoms with Crippen molar-refractivity contribution < 1.29 is 44.6 Å². The molecule has 0 unspecified atom stereocenters. The minimum Gasteiger partial charge on any atom is -0.508 e. The summed E-state index contributed by atoms with van der Waals surface area (Å²) in [4.78, 5) is 11.3. The summed E-state index contributed by atoms with van der Waals surface area (Å²) in [5.41, 5.74) is 3.67. The van der Waals surface area contributed by atoms with Crippen LogP contribution in [0.15, 0.2) is 78.4 Å². The van der Waals surface area contributed by atoms with Gasteiger partial charge in [0, 0.05) is 0 Å². The van der Waals surface area contributed by atoms with Crippen LogP contribution in [0.5, 0.6) is 11.5 Å². The third kappa shape index (κ3) is 4.02. The third-order valence-electron chi connectivity index (χ3n) is 3.45. The van der Waals surface area contributed by atoms with Gasteiger partial charge in [-0.2, -0.15) is 0 Å². The largest absolute Gasteiger partial charge is 1.00 e. The van der Waals surface area contributed by atoms with Crippen LogP contribution in [0.3, 0.4) is 0 Å². The van der Waals surface area contributed by atoms with Gasteiger partial charge in [-0.1, -0.05) is 36.4 Å². The second-order valence-electron chi connectivity index (χ2n) is 4.99. The maximum atomic E-state index is 11.3. The quantitative estimate of drug-likeness (QED) is 0.798. The molecule has 3 nitrogen and oxygen atoms in total. The Balaban J connectivity index is 0.00000192. The van der Waals surface area contributed by atoms with Crippen molar-refractivity contribution in [2.24, 2.45) is 0 Å². The van der Waals surface area contributed by atoms with Gasteiger partial charge in [0.25, 0.3) is 0 Å². The summed E-state index contributed by atoms with van der Waals surface area (Å²) in [6.07, 6.45) is 6.60. The molecule has 0 aromatic heterocycles. The fourth-order valence-electron chi connectivity index (χ4n) is 2.38. The molecule has 2 aromatic carbocycles. The van der Waals surface area contributed by atoms with Crippen LogP contribution in [0.2, 0.25) is 0 Å². The zero-order valence-corrected chi connectivity index (χ0v) is 14.7. The summed E-state index contributed by atoms with van der Waals surface area (Å²) in [5.74, 6) is 0.354. The Hall–Kier alpha value is -2.07. The van der Waals surface area contributed by atoms with E-state index in [9.17, 15) is 15.0 Å². The van der Waals surface area contributed by atoms with Gasteiger partial charge in [-0.25, -0.2) is 0 Å². The smallest absolute Gasteiger partial charge is 0.508 e. The maximum absolute atomic E-state index is 11.3. The number of benzene rings is 2. The molecule has 0 atom stereocenters. The summed E-state index contributed by atoms with van der Waals surface area (Å²) in [6, 6.07) is 13.8. The molecular weight excluding hydrogens is 299 g/mol. The topological polar surface area (TPSA) is 57.5 Å². The summed E-state index contributed by atoms with van der Waals surface area (Å²) < 4.78 is 0. The van der Waals surface area contributed by atoms with Crippen molar-refractivity contribution in [2.75, 3.05) is 0 Å². The van der Waals surface area contributed by atoms with Crippen molar-refractivity contribution in [1.29, 1.82) is 0 Å². The summed E-state index contributed by atoms with van der Waals surface area (Å²) in [7, 11) is 0. The van der Waals surface area contributed by atoms with Gasteiger partial charge in [-0.15, -0.1) is 0 Å². The molecule has 2 N–H and O–H groups in total. The zero-order chi connectivity index (χ0) is 15.5. The fourth-order valence-corrected chi connectivity index (χ4v) is 2.38. The van der Waals surface area contributed by atoms with Crippen LogP contribution in [0.25, 0.3) is 5.57 Å². The standard InChI is InChI=1S/C19H14O3.Na/c20-16-7-1-13(2-8-16)19(14-3-9-17(21)10-4-14)15-5-11-18(22)12-6-15;/h1-12,20-21H;/q;+1. The number of phenolic OH excluding ortho intramolecular Hbond substituents is 2. The number of aromatic hydroxyl groups is 2. The SMILES string of the molecule is O=C1C=CC(=C(c2ccc(O)cc2)c2ccc(O)cc2)C=C1.[Na+]. The number of hydrogen-bond acceptors (Lipinski definition) is 3. The Kier molecular flexibility index (Phi) is 5.61. The second-order valence-corrected chi connectivity index (χ2v) is 4.99. The Bertz CT molecular complexity index is 732. The molecule has 1 aliphatic rings. The Labute approximate surface area is 156 Å². The normalized spacial score (nSPS) is 12.9. The maximum Gasteiger partial charge on any atom is 1.00 e. The van der Waals surface area contributed by atoms with Crippen molar-refractivity contribution in [3.63, 3.8) is 0 Å². The van der Waals surface area contributed by atoms with Gasteiger partial charge in [-0.05, 0) is 58.7 Å². The number of ketones is 1. The zero-order valence-electron chi connectivity index (χ0n) is 12.7. The number of allylic oxidation sites excluding steroid dienone is 5. The average molecular weight is 313 g/mol. The molecule has 108 valence electrons. The molecule has 23 heavy (non-hydrogen) atoms. The Morgan fingerprint density at radius 1 is 0.652 bits per heavy atom. The van der Waals surface area contributed by atoms with E-state index < -0.39 is 0 Å². The summed E-state index contributed by atoms with van der Waals surface area (Å²) >= 11 is 0. The van der Waals surface area contributed by atoms with Crippen molar-refractivity contribution in [3.05, 3.63) is 89.5 Å². The van der Waals surface area contributed by atoms with Gasteiger partial charge in [-0.3, -0.25) is 4.79 Å². The van der Waals surface area contributed by atoms with Crippen LogP contribution < -0.4 is 29.6 Å². The molecule has 4 heteroatoms. The van der Waals surface area contributed by atoms with Gasteiger partial charge in [0.05, 0.1) is 0 Å². The van der Waals surface area contributed by atoms with Crippen LogP contribution in [0.1, 0.15) is 11.1 Å². The molecule has 0 amide bonds. The van der Waals surface area contributed by atoms with E-state index in [1.807, 2.05) is 24.3 Å². The molecule has 0 heterocycles. The second kappa shape index (κ2) is 7.47. The Morgan fingerprint density at radius 2 is 1.04 bits per heavy atom. The number of hydrogen-bond donors (Lipinski definition) is 2. The molecule has 0 radical (unpaired) electrons. The van der Waals surface area contributed by atoms with Crippen LogP contribution in [-0.4, -0.2) is 16.0 Å². The third-order valence-corrected chi connectivity index (χ3v) is 3.45. The summed E-state index contributed by atoms with van der Waals surface area (Å²) in [5, 5.41) is 18.9. The van der Waals surface area contributed by atoms with E-state index in [0.717, 1.165) is 22.3 Å². The minimum absolute atomic E-state index is 0. The molecule has 0 spiro atoms. The first kappa shape index (κ1) is 17.3. The molecular formula is C19H14NaO3+. The van der Waals surface area contributed by atoms with E-state index in [1.165, 1.54) is 12.2 Å². The van der Waals surface area contributed by atoms with Gasteiger partial charge in [0.2, 0.25) is 0 Å². The van der Waals surface area contributed by atoms with E-state index in [2.05, 4.69) is 0 Å². The predicted octanol–water partition coefficient (Wildman–Crippen LogP) is 0.599. The monoisotopic (exact) mass is 313 g/mol. The molecule has 0 aliphatic heterocycles. The van der Waals surface area contributed by atoms with Crippen molar-refractivity contribution >= 4 is 11.4 Å². The first-order valence-corrected chi connectivity index (χ1v) is 6.87. The average Bonchev–Trinajstić information content (AvgIpc) is 2.53. The molecule has 3 rings (SSSR count). The van der Waals surface area contributed by atoms with Crippen LogP contribution in [0, 0.1) is 0 Å². The first-order valence-electron chi connectivity index (χ1n) is 6.87. The van der Waals surface area contributed by atoms with Gasteiger partial charge in [0.15, 0.2) is 5.78 Å². The molecule has 0 saturated heterocycles. The van der Waals surface area contributed by atoms with E-state index in [0.29, 0.717) is 0 Å². The molecule has 2 aromatic rings. The van der Waals surface area contributed by atoms with Crippen molar-refractivity contribution in [1.82, 2.24) is 0 Å². The van der Waals surface area contributed by atoms with Gasteiger partial charge < -0.3 is 10.2 Å². The van der Waals surface area contributed by atoms with Crippen molar-refractivity contribution in [2.45, 2.75) is 0 Å². The minimum atomic E-state index is -0.0421. The van der Waals surface area contributed by atoms with E-state index >= 15 is 0 Å². The van der Waals surface area contributed by atoms with Crippen LogP contribution in [-0.2, 0) is 4.79 Å². The molecule has 0 fully saturated rings. The number of carbonyl (C=O) groups is 1. The van der Waals surface area contributed by atoms with Crippen LogP contribution in [0.4, 0.5) is 0 Å². The Morgan fingerprint density at radius 3 is 1.43 bits per heavy atom. The number of carbonyl (C=O) groups excluding carboxylic acids is 1. The fraction of sp³-hybridized carbons (Fsp3) is 0. The van der Waals surface area contributed by atoms with E-state index in [-0.39, 0.29) is 46.8 Å². The van der Waals surface area contributed by atoms with Crippen LogP contribution >= 0.6 is 0 Å². The van der Waals surface area contributed by atoms with E-state index in [4.69, 9.17) is 0 Å². The predicted molar refractivity (Wildman–Crippen MR) is 85.5 cm³/mol. The molecule has 0 saturated carbocycles. The molecule has 1 aliphatic carbocycles. The van der Waals surface area contributed by atoms with Gasteiger partial charge >= 0.3 is 29.6 Å². The van der Waals surface area contributed by atoms with Crippen molar-refractivity contribution in [3.8, 4) is 11.5 Å². The number of rotatable bonds is 2. The number of phenols is 2. The van der Waals surface area contributed by atoms with E-state index in [1.54, 1.807) is 36.4 Å². The van der Waals surface area contributed by atoms with Gasteiger partial charge in [0.1, 0.15) is 11.5 Å². The molecule has 0 bridgehead atoms.